The standard InChI is InChI=1S/C8H6N2/c1-2-7-8-6(4-9-8)5-10(7)3-1/h1-3,5H,4H2. The highest BCUT2D eigenvalue weighted by atomic mass is 14.9. The van der Waals surface area contributed by atoms with Crippen LogP contribution in [0, 0.1) is 0 Å². The minimum Gasteiger partial charge on any atom is -0.321 e. The van der Waals surface area contributed by atoms with Crippen molar-refractivity contribution in [2.75, 3.05) is 0 Å². The van der Waals surface area contributed by atoms with E-state index in [9.17, 15) is 0 Å². The Balaban J connectivity index is 2.74. The van der Waals surface area contributed by atoms with E-state index in [0.717, 1.165) is 6.54 Å². The molecular weight excluding hydrogens is 124 g/mol. The Hall–Kier alpha value is -1.31. The lowest BCUT2D eigenvalue weighted by Gasteiger charge is -1.98. The summed E-state index contributed by atoms with van der Waals surface area (Å²) in [5, 5.41) is 1.20. The maximum atomic E-state index is 4.27. The fourth-order valence-corrected chi connectivity index (χ4v) is 1.47. The third-order valence-corrected chi connectivity index (χ3v) is 2.03. The Kier molecular flexibility index (Phi) is 0.556. The van der Waals surface area contributed by atoms with Crippen LogP contribution in [0.4, 0.5) is 0 Å². The maximum Gasteiger partial charge on any atom is 0.0884 e. The molecule has 2 aromatic heterocycles. The second-order valence-corrected chi connectivity index (χ2v) is 2.62. The van der Waals surface area contributed by atoms with Gasteiger partial charge in [0.2, 0.25) is 0 Å². The zero-order valence-electron chi connectivity index (χ0n) is 5.41. The van der Waals surface area contributed by atoms with Crippen LogP contribution in [0.5, 0.6) is 0 Å². The van der Waals surface area contributed by atoms with Gasteiger partial charge in [-0.3, -0.25) is 4.99 Å². The van der Waals surface area contributed by atoms with Crippen LogP contribution < -0.4 is 5.36 Å². The molecule has 0 saturated carbocycles. The molecule has 0 bridgehead atoms. The van der Waals surface area contributed by atoms with E-state index in [1.165, 1.54) is 16.4 Å². The van der Waals surface area contributed by atoms with Gasteiger partial charge in [0.15, 0.2) is 0 Å². The second kappa shape index (κ2) is 1.24. The number of hydrogen-bond donors (Lipinski definition) is 0. The van der Waals surface area contributed by atoms with E-state index >= 15 is 0 Å². The van der Waals surface area contributed by atoms with Crippen molar-refractivity contribution in [1.82, 2.24) is 4.40 Å². The van der Waals surface area contributed by atoms with Crippen molar-refractivity contribution >= 4 is 5.52 Å². The number of hydrogen-bond acceptors (Lipinski definition) is 1. The highest BCUT2D eigenvalue weighted by molar-refractivity contribution is 5.52. The van der Waals surface area contributed by atoms with Crippen LogP contribution in [0.3, 0.4) is 0 Å². The van der Waals surface area contributed by atoms with Gasteiger partial charge in [-0.15, -0.1) is 0 Å². The van der Waals surface area contributed by atoms with Gasteiger partial charge in [0, 0.05) is 18.0 Å². The van der Waals surface area contributed by atoms with Crippen LogP contribution in [0.15, 0.2) is 29.5 Å². The molecule has 3 heterocycles. The predicted octanol–water partition coefficient (Wildman–Crippen LogP) is 0.791. The maximum absolute atomic E-state index is 4.27. The molecule has 0 aromatic carbocycles. The summed E-state index contributed by atoms with van der Waals surface area (Å²) in [6, 6.07) is 4.14. The van der Waals surface area contributed by atoms with Gasteiger partial charge in [-0.1, -0.05) is 0 Å². The monoisotopic (exact) mass is 130 g/mol. The Morgan fingerprint density at radius 3 is 3.30 bits per heavy atom. The molecule has 0 atom stereocenters. The summed E-state index contributed by atoms with van der Waals surface area (Å²) in [6.45, 7) is 0.914. The highest BCUT2D eigenvalue weighted by Gasteiger charge is 2.10. The number of rotatable bonds is 0. The Labute approximate surface area is 57.8 Å². The quantitative estimate of drug-likeness (QED) is 0.501. The van der Waals surface area contributed by atoms with E-state index in [4.69, 9.17) is 0 Å². The summed E-state index contributed by atoms with van der Waals surface area (Å²) in [4.78, 5) is 4.27. The molecule has 3 rings (SSSR count). The van der Waals surface area contributed by atoms with Gasteiger partial charge in [-0.25, -0.2) is 0 Å². The van der Waals surface area contributed by atoms with Crippen molar-refractivity contribution in [2.24, 2.45) is 4.99 Å². The van der Waals surface area contributed by atoms with Crippen LogP contribution >= 0.6 is 0 Å². The average Bonchev–Trinajstić information content (AvgIpc) is 2.35. The fraction of sp³-hybridized carbons (Fsp3) is 0.125. The van der Waals surface area contributed by atoms with Crippen molar-refractivity contribution in [3.63, 3.8) is 0 Å². The summed E-state index contributed by atoms with van der Waals surface area (Å²) >= 11 is 0. The Morgan fingerprint density at radius 2 is 2.50 bits per heavy atom. The molecule has 1 aliphatic rings. The normalized spacial score (nSPS) is 14.4. The van der Waals surface area contributed by atoms with Gasteiger partial charge < -0.3 is 4.40 Å². The first-order chi connectivity index (χ1) is 4.95. The smallest absolute Gasteiger partial charge is 0.0884 e. The molecule has 0 saturated heterocycles. The van der Waals surface area contributed by atoms with Crippen LogP contribution in [-0.4, -0.2) is 4.40 Å². The predicted molar refractivity (Wildman–Crippen MR) is 37.9 cm³/mol. The minimum atomic E-state index is 0.914. The molecule has 2 heteroatoms. The third kappa shape index (κ3) is 0.328. The summed E-state index contributed by atoms with van der Waals surface area (Å²) in [5.74, 6) is 0. The molecule has 0 unspecified atom stereocenters. The molecule has 0 amide bonds. The van der Waals surface area contributed by atoms with E-state index in [0.29, 0.717) is 0 Å². The Morgan fingerprint density at radius 1 is 1.50 bits per heavy atom. The molecule has 1 aliphatic heterocycles. The molecule has 2 nitrogen and oxygen atoms in total. The molecular formula is C8H6N2. The third-order valence-electron chi connectivity index (χ3n) is 2.03. The lowest BCUT2D eigenvalue weighted by Crippen LogP contribution is -2.14. The Bertz CT molecular complexity index is 439. The first-order valence-electron chi connectivity index (χ1n) is 3.38. The largest absolute Gasteiger partial charge is 0.321 e. The average molecular weight is 130 g/mol. The van der Waals surface area contributed by atoms with Crippen molar-refractivity contribution in [1.29, 1.82) is 0 Å². The number of nitrogens with zero attached hydrogens (tertiary/aromatic N) is 2. The summed E-state index contributed by atoms with van der Waals surface area (Å²) in [6.07, 6.45) is 4.21. The van der Waals surface area contributed by atoms with Gasteiger partial charge in [0.1, 0.15) is 0 Å². The van der Waals surface area contributed by atoms with Crippen molar-refractivity contribution in [3.05, 3.63) is 35.4 Å². The lowest BCUT2D eigenvalue weighted by molar-refractivity contribution is 0.913. The van der Waals surface area contributed by atoms with E-state index in [2.05, 4.69) is 27.9 Å². The van der Waals surface area contributed by atoms with Gasteiger partial charge in [0.05, 0.1) is 17.4 Å². The van der Waals surface area contributed by atoms with Gasteiger partial charge >= 0.3 is 0 Å². The van der Waals surface area contributed by atoms with Gasteiger partial charge in [-0.05, 0) is 12.1 Å². The SMILES string of the molecule is c1cc2c3c(cn2c1)CN=3. The molecule has 0 radical (unpaired) electrons. The summed E-state index contributed by atoms with van der Waals surface area (Å²) in [7, 11) is 0. The van der Waals surface area contributed by atoms with E-state index < -0.39 is 0 Å². The van der Waals surface area contributed by atoms with E-state index in [1.54, 1.807) is 0 Å². The van der Waals surface area contributed by atoms with Crippen LogP contribution in [0.1, 0.15) is 5.56 Å². The van der Waals surface area contributed by atoms with Gasteiger partial charge in [0.25, 0.3) is 0 Å². The fourth-order valence-electron chi connectivity index (χ4n) is 1.47. The van der Waals surface area contributed by atoms with E-state index in [-0.39, 0.29) is 0 Å². The van der Waals surface area contributed by atoms with E-state index in [1.807, 2.05) is 6.07 Å². The minimum absolute atomic E-state index is 0.914. The lowest BCUT2D eigenvalue weighted by atomic mass is 10.2. The first-order valence-corrected chi connectivity index (χ1v) is 3.38. The first kappa shape index (κ1) is 4.50. The second-order valence-electron chi connectivity index (χ2n) is 2.62. The zero-order chi connectivity index (χ0) is 6.55. The highest BCUT2D eigenvalue weighted by Crippen LogP contribution is 2.09. The molecule has 10 heavy (non-hydrogen) atoms. The molecule has 0 aliphatic carbocycles. The van der Waals surface area contributed by atoms with Crippen molar-refractivity contribution in [3.8, 4) is 0 Å². The van der Waals surface area contributed by atoms with Gasteiger partial charge in [-0.2, -0.15) is 0 Å². The zero-order valence-corrected chi connectivity index (χ0v) is 5.41. The molecule has 48 valence electrons. The molecule has 2 aromatic rings. The van der Waals surface area contributed by atoms with Crippen LogP contribution in [0.25, 0.3) is 5.52 Å². The molecule has 0 fully saturated rings. The van der Waals surface area contributed by atoms with Crippen molar-refractivity contribution in [2.45, 2.75) is 6.54 Å². The van der Waals surface area contributed by atoms with Crippen LogP contribution in [0.2, 0.25) is 0 Å². The van der Waals surface area contributed by atoms with Crippen LogP contribution in [-0.2, 0) is 6.54 Å². The number of aromatic nitrogens is 1. The summed E-state index contributed by atoms with van der Waals surface area (Å²) < 4.78 is 2.13. The topological polar surface area (TPSA) is 16.8 Å². The van der Waals surface area contributed by atoms with Crippen molar-refractivity contribution < 1.29 is 0 Å². The molecule has 0 spiro atoms. The summed E-state index contributed by atoms with van der Waals surface area (Å²) in [5.41, 5.74) is 2.64. The molecule has 0 N–H and O–H groups in total. The number of fused-ring (bicyclic) bond motifs is 3.